The van der Waals surface area contributed by atoms with Crippen LogP contribution in [0.4, 0.5) is 10.5 Å². The van der Waals surface area contributed by atoms with E-state index in [2.05, 4.69) is 72.9 Å². The van der Waals surface area contributed by atoms with Gasteiger partial charge in [-0.2, -0.15) is 0 Å². The van der Waals surface area contributed by atoms with Crippen molar-refractivity contribution in [1.82, 2.24) is 20.5 Å². The Labute approximate surface area is 254 Å². The number of carbonyl (C=O) groups is 3. The highest BCUT2D eigenvalue weighted by molar-refractivity contribution is 5.99. The molecule has 0 aliphatic carbocycles. The molecule has 8 heteroatoms. The van der Waals surface area contributed by atoms with Gasteiger partial charge in [0.1, 0.15) is 0 Å². The van der Waals surface area contributed by atoms with E-state index in [0.717, 1.165) is 29.7 Å². The number of hydrogen-bond acceptors (Lipinski definition) is 4. The van der Waals surface area contributed by atoms with Crippen LogP contribution in [-0.2, 0) is 28.7 Å². The number of rotatable bonds is 9. The van der Waals surface area contributed by atoms with E-state index >= 15 is 0 Å². The van der Waals surface area contributed by atoms with Crippen LogP contribution in [-0.4, -0.2) is 39.8 Å². The number of nitrogens with zero attached hydrogens (tertiary/aromatic N) is 2. The van der Waals surface area contributed by atoms with Crippen LogP contribution < -0.4 is 16.0 Å². The summed E-state index contributed by atoms with van der Waals surface area (Å²) in [5.41, 5.74) is 5.47. The minimum atomic E-state index is -0.399. The molecule has 5 rings (SSSR count). The quantitative estimate of drug-likeness (QED) is 0.286. The maximum absolute atomic E-state index is 13.1. The number of urea groups is 1. The van der Waals surface area contributed by atoms with E-state index in [1.807, 2.05) is 54.5 Å². The van der Waals surface area contributed by atoms with Crippen molar-refractivity contribution in [3.8, 4) is 0 Å². The van der Waals surface area contributed by atoms with Crippen LogP contribution in [0.25, 0.3) is 0 Å². The van der Waals surface area contributed by atoms with E-state index in [9.17, 15) is 14.4 Å². The maximum atomic E-state index is 13.1. The van der Waals surface area contributed by atoms with Crippen LogP contribution in [0.5, 0.6) is 0 Å². The van der Waals surface area contributed by atoms with Gasteiger partial charge in [-0.25, -0.2) is 4.79 Å². The Morgan fingerprint density at radius 2 is 1.60 bits per heavy atom. The number of pyridine rings is 1. The first-order valence-corrected chi connectivity index (χ1v) is 15.1. The van der Waals surface area contributed by atoms with Crippen molar-refractivity contribution in [2.45, 2.75) is 89.8 Å². The van der Waals surface area contributed by atoms with Crippen LogP contribution in [0.3, 0.4) is 0 Å². The van der Waals surface area contributed by atoms with Gasteiger partial charge in [-0.05, 0) is 89.6 Å². The Balaban J connectivity index is 1.13. The van der Waals surface area contributed by atoms with Crippen LogP contribution in [0, 0.1) is 0 Å². The molecule has 4 amide bonds. The van der Waals surface area contributed by atoms with E-state index in [-0.39, 0.29) is 28.7 Å². The highest BCUT2D eigenvalue weighted by Crippen LogP contribution is 2.36. The predicted octanol–water partition coefficient (Wildman–Crippen LogP) is 6.06. The number of benzene rings is 2. The van der Waals surface area contributed by atoms with Gasteiger partial charge < -0.3 is 20.9 Å². The normalized spacial score (nSPS) is 18.7. The van der Waals surface area contributed by atoms with Crippen LogP contribution in [0.2, 0.25) is 0 Å². The molecule has 2 aromatic carbocycles. The Morgan fingerprint density at radius 3 is 2.23 bits per heavy atom. The molecule has 3 N–H and O–H groups in total. The van der Waals surface area contributed by atoms with Crippen LogP contribution in [0.15, 0.2) is 67.0 Å². The summed E-state index contributed by atoms with van der Waals surface area (Å²) in [6, 6.07) is 17.7. The van der Waals surface area contributed by atoms with Crippen molar-refractivity contribution in [2.75, 3.05) is 11.9 Å². The molecule has 1 aromatic heterocycles. The fourth-order valence-electron chi connectivity index (χ4n) is 6.08. The highest BCUT2D eigenvalue weighted by atomic mass is 16.2. The molecule has 0 bridgehead atoms. The lowest BCUT2D eigenvalue weighted by molar-refractivity contribution is -0.124. The molecule has 3 aromatic rings. The van der Waals surface area contributed by atoms with Gasteiger partial charge in [0.25, 0.3) is 5.91 Å². The zero-order valence-electron chi connectivity index (χ0n) is 25.9. The monoisotopic (exact) mass is 581 g/mol. The van der Waals surface area contributed by atoms with E-state index in [0.29, 0.717) is 38.0 Å². The smallest absolute Gasteiger partial charge is 0.319 e. The van der Waals surface area contributed by atoms with Gasteiger partial charge in [0.2, 0.25) is 5.91 Å². The van der Waals surface area contributed by atoms with E-state index < -0.39 is 5.54 Å². The number of amides is 4. The third-order valence-corrected chi connectivity index (χ3v) is 9.40. The molecule has 1 atom stereocenters. The third-order valence-electron chi connectivity index (χ3n) is 9.40. The lowest BCUT2D eigenvalue weighted by Gasteiger charge is -2.41. The van der Waals surface area contributed by atoms with Crippen molar-refractivity contribution in [3.63, 3.8) is 0 Å². The topological polar surface area (TPSA) is 103 Å². The van der Waals surface area contributed by atoms with Crippen molar-refractivity contribution < 1.29 is 14.4 Å². The van der Waals surface area contributed by atoms with Gasteiger partial charge in [0.05, 0.1) is 5.54 Å². The number of aromatic nitrogens is 1. The molecule has 0 saturated carbocycles. The first-order chi connectivity index (χ1) is 20.4. The zero-order valence-corrected chi connectivity index (χ0v) is 25.9. The highest BCUT2D eigenvalue weighted by Gasteiger charge is 2.42. The fraction of sp³-hybridized carbons (Fsp3) is 0.429. The molecule has 0 spiro atoms. The van der Waals surface area contributed by atoms with Crippen molar-refractivity contribution in [3.05, 3.63) is 94.8 Å². The second kappa shape index (κ2) is 11.8. The molecule has 1 saturated heterocycles. The standard InChI is InChI=1S/C35H43N5O3/c1-33(2,16-17-34(3,4)27-13-18-36-19-14-27)26-7-9-28(10-8-26)39-32(43)37-21-24-6-11-29-25(20-24)22-40(31(29)42)35(5)15-12-30(41)38-23-35/h6-11,13-14,18-20H,12,15-17,21-23H2,1-5H3,(H,38,41)(H2,37,39,43). The van der Waals surface area contributed by atoms with Crippen molar-refractivity contribution in [2.24, 2.45) is 0 Å². The largest absolute Gasteiger partial charge is 0.354 e. The van der Waals surface area contributed by atoms with Crippen molar-refractivity contribution in [1.29, 1.82) is 0 Å². The zero-order chi connectivity index (χ0) is 30.8. The average molecular weight is 582 g/mol. The summed E-state index contributed by atoms with van der Waals surface area (Å²) in [5.74, 6) is 0.0277. The number of carbonyl (C=O) groups excluding carboxylic acids is 3. The van der Waals surface area contributed by atoms with E-state index in [1.165, 1.54) is 11.1 Å². The van der Waals surface area contributed by atoms with E-state index in [1.54, 1.807) is 0 Å². The number of fused-ring (bicyclic) bond motifs is 1. The summed E-state index contributed by atoms with van der Waals surface area (Å²) >= 11 is 0. The van der Waals surface area contributed by atoms with Gasteiger partial charge >= 0.3 is 6.03 Å². The molecule has 1 fully saturated rings. The fourth-order valence-corrected chi connectivity index (χ4v) is 6.08. The predicted molar refractivity (Wildman–Crippen MR) is 169 cm³/mol. The molecule has 226 valence electrons. The Bertz CT molecular complexity index is 1490. The van der Waals surface area contributed by atoms with Gasteiger partial charge in [0.15, 0.2) is 0 Å². The summed E-state index contributed by atoms with van der Waals surface area (Å²) in [6.45, 7) is 12.4. The number of nitrogens with one attached hydrogen (secondary N) is 3. The number of hydrogen-bond donors (Lipinski definition) is 3. The molecular formula is C35H43N5O3. The lowest BCUT2D eigenvalue weighted by atomic mass is 9.73. The maximum Gasteiger partial charge on any atom is 0.319 e. The first-order valence-electron chi connectivity index (χ1n) is 15.1. The van der Waals surface area contributed by atoms with Crippen LogP contribution >= 0.6 is 0 Å². The second-order valence-corrected chi connectivity index (χ2v) is 13.5. The van der Waals surface area contributed by atoms with Gasteiger partial charge in [0, 0.05) is 49.7 Å². The lowest BCUT2D eigenvalue weighted by Crippen LogP contribution is -2.57. The summed E-state index contributed by atoms with van der Waals surface area (Å²) < 4.78 is 0. The van der Waals surface area contributed by atoms with Gasteiger partial charge in [-0.3, -0.25) is 14.6 Å². The first kappa shape index (κ1) is 30.3. The second-order valence-electron chi connectivity index (χ2n) is 13.5. The van der Waals surface area contributed by atoms with E-state index in [4.69, 9.17) is 0 Å². The molecule has 2 aliphatic rings. The summed E-state index contributed by atoms with van der Waals surface area (Å²) in [6.07, 6.45) is 6.84. The average Bonchev–Trinajstić information content (AvgIpc) is 3.34. The Hall–Kier alpha value is -4.20. The van der Waals surface area contributed by atoms with Gasteiger partial charge in [-0.1, -0.05) is 52.0 Å². The SMILES string of the molecule is CC(C)(CCC(C)(C)c1ccc(NC(=O)NCc2ccc3c(c2)CN(C2(C)CCC(=O)NC2)C3=O)cc1)c1ccncc1. The molecule has 8 nitrogen and oxygen atoms in total. The molecule has 0 radical (unpaired) electrons. The molecule has 2 aliphatic heterocycles. The molecule has 1 unspecified atom stereocenters. The minimum absolute atomic E-state index is 0.00465. The van der Waals surface area contributed by atoms with Gasteiger partial charge in [-0.15, -0.1) is 0 Å². The molecule has 43 heavy (non-hydrogen) atoms. The van der Waals surface area contributed by atoms with Crippen LogP contribution in [0.1, 0.15) is 92.9 Å². The molecular weight excluding hydrogens is 538 g/mol. The summed E-state index contributed by atoms with van der Waals surface area (Å²) in [5, 5.41) is 8.77. The third kappa shape index (κ3) is 6.74. The Kier molecular flexibility index (Phi) is 8.32. The molecule has 3 heterocycles. The summed E-state index contributed by atoms with van der Waals surface area (Å²) in [4.78, 5) is 43.5. The summed E-state index contributed by atoms with van der Waals surface area (Å²) in [7, 11) is 0. The number of piperidine rings is 1. The minimum Gasteiger partial charge on any atom is -0.354 e. The Morgan fingerprint density at radius 1 is 0.953 bits per heavy atom. The number of anilines is 1. The van der Waals surface area contributed by atoms with Crippen molar-refractivity contribution >= 4 is 23.5 Å².